The molecule has 16 heavy (non-hydrogen) atoms. The molecule has 0 bridgehead atoms. The van der Waals surface area contributed by atoms with Crippen LogP contribution in [0.4, 0.5) is 5.69 Å². The Bertz CT molecular complexity index is 502. The Kier molecular flexibility index (Phi) is 3.31. The third-order valence-corrected chi connectivity index (χ3v) is 2.57. The Morgan fingerprint density at radius 1 is 1.25 bits per heavy atom. The van der Waals surface area contributed by atoms with Crippen LogP contribution in [0.3, 0.4) is 0 Å². The first-order valence-electron chi connectivity index (χ1n) is 4.49. The zero-order chi connectivity index (χ0) is 11.5. The minimum Gasteiger partial charge on any atom is -0.438 e. The Morgan fingerprint density at radius 2 is 1.94 bits per heavy atom. The summed E-state index contributed by atoms with van der Waals surface area (Å²) in [4.78, 5) is 4.06. The molecule has 0 amide bonds. The number of nitrogens with zero attached hydrogens (tertiary/aromatic N) is 1. The Labute approximate surface area is 106 Å². The number of ether oxygens (including phenoxy) is 1. The molecule has 0 spiro atoms. The van der Waals surface area contributed by atoms with Crippen LogP contribution in [0, 0.1) is 0 Å². The molecule has 1 aromatic carbocycles. The molecular formula is C11H8BrClN2O. The molecule has 0 aliphatic rings. The smallest absolute Gasteiger partial charge is 0.238 e. The maximum absolute atomic E-state index is 5.97. The number of anilines is 1. The molecule has 0 fully saturated rings. The van der Waals surface area contributed by atoms with E-state index in [0.717, 1.165) is 4.47 Å². The highest BCUT2D eigenvalue weighted by Gasteiger charge is 2.05. The lowest BCUT2D eigenvalue weighted by Crippen LogP contribution is -1.89. The van der Waals surface area contributed by atoms with Crippen LogP contribution in [0.15, 0.2) is 41.0 Å². The lowest BCUT2D eigenvalue weighted by atomic mass is 10.3. The zero-order valence-electron chi connectivity index (χ0n) is 8.15. The number of nitrogens with two attached hydrogens (primary N) is 1. The second-order valence-corrected chi connectivity index (χ2v) is 4.43. The monoisotopic (exact) mass is 298 g/mol. The van der Waals surface area contributed by atoms with Crippen molar-refractivity contribution in [2.45, 2.75) is 0 Å². The first-order chi connectivity index (χ1) is 7.65. The van der Waals surface area contributed by atoms with Crippen LogP contribution in [0.5, 0.6) is 11.6 Å². The minimum atomic E-state index is 0.370. The first-order valence-corrected chi connectivity index (χ1v) is 5.67. The molecular weight excluding hydrogens is 291 g/mol. The molecule has 1 aromatic heterocycles. The molecule has 82 valence electrons. The fourth-order valence-corrected chi connectivity index (χ4v) is 1.79. The number of benzene rings is 1. The number of nitrogen functional groups attached to an aromatic ring is 1. The Balaban J connectivity index is 2.23. The molecule has 1 heterocycles. The van der Waals surface area contributed by atoms with Crippen LogP contribution >= 0.6 is 27.5 Å². The maximum Gasteiger partial charge on any atom is 0.238 e. The fourth-order valence-electron chi connectivity index (χ4n) is 1.12. The van der Waals surface area contributed by atoms with Gasteiger partial charge in [-0.05, 0) is 46.3 Å². The van der Waals surface area contributed by atoms with E-state index in [9.17, 15) is 0 Å². The van der Waals surface area contributed by atoms with Crippen molar-refractivity contribution in [1.29, 1.82) is 0 Å². The van der Waals surface area contributed by atoms with Crippen molar-refractivity contribution in [2.75, 3.05) is 5.73 Å². The Hall–Kier alpha value is -1.26. The van der Waals surface area contributed by atoms with E-state index in [1.165, 1.54) is 0 Å². The number of aromatic nitrogens is 1. The number of rotatable bonds is 2. The second-order valence-electron chi connectivity index (χ2n) is 3.11. The van der Waals surface area contributed by atoms with Gasteiger partial charge in [0.1, 0.15) is 10.8 Å². The number of hydrogen-bond acceptors (Lipinski definition) is 3. The SMILES string of the molecule is Nc1ccc(Oc2ncc(Br)cc2Cl)cc1. The highest BCUT2D eigenvalue weighted by atomic mass is 79.9. The highest BCUT2D eigenvalue weighted by molar-refractivity contribution is 9.10. The second kappa shape index (κ2) is 4.72. The van der Waals surface area contributed by atoms with Gasteiger partial charge in [0.25, 0.3) is 0 Å². The van der Waals surface area contributed by atoms with E-state index in [2.05, 4.69) is 20.9 Å². The van der Waals surface area contributed by atoms with Crippen molar-refractivity contribution in [3.63, 3.8) is 0 Å². The predicted octanol–water partition coefficient (Wildman–Crippen LogP) is 3.87. The summed E-state index contributed by atoms with van der Waals surface area (Å²) in [6.45, 7) is 0. The van der Waals surface area contributed by atoms with Gasteiger partial charge in [-0.3, -0.25) is 0 Å². The molecule has 0 saturated carbocycles. The van der Waals surface area contributed by atoms with Crippen molar-refractivity contribution < 1.29 is 4.74 Å². The number of halogens is 2. The van der Waals surface area contributed by atoms with Crippen LogP contribution in [0.1, 0.15) is 0 Å². The van der Waals surface area contributed by atoms with Gasteiger partial charge in [-0.1, -0.05) is 11.6 Å². The molecule has 2 aromatic rings. The summed E-state index contributed by atoms with van der Waals surface area (Å²) in [6.07, 6.45) is 1.62. The van der Waals surface area contributed by atoms with E-state index in [4.69, 9.17) is 22.1 Å². The molecule has 0 aliphatic heterocycles. The zero-order valence-corrected chi connectivity index (χ0v) is 10.5. The summed E-state index contributed by atoms with van der Waals surface area (Å²) in [7, 11) is 0. The number of pyridine rings is 1. The highest BCUT2D eigenvalue weighted by Crippen LogP contribution is 2.29. The maximum atomic E-state index is 5.97. The normalized spacial score (nSPS) is 10.1. The quantitative estimate of drug-likeness (QED) is 0.856. The average molecular weight is 300 g/mol. The van der Waals surface area contributed by atoms with Crippen molar-refractivity contribution in [3.8, 4) is 11.6 Å². The van der Waals surface area contributed by atoms with Crippen LogP contribution in [0.25, 0.3) is 0 Å². The molecule has 2 rings (SSSR count). The van der Waals surface area contributed by atoms with E-state index in [-0.39, 0.29) is 0 Å². The van der Waals surface area contributed by atoms with E-state index in [0.29, 0.717) is 22.3 Å². The van der Waals surface area contributed by atoms with Crippen molar-refractivity contribution in [3.05, 3.63) is 46.0 Å². The molecule has 0 radical (unpaired) electrons. The molecule has 2 N–H and O–H groups in total. The van der Waals surface area contributed by atoms with Gasteiger partial charge < -0.3 is 10.5 Å². The van der Waals surface area contributed by atoms with Crippen molar-refractivity contribution in [2.24, 2.45) is 0 Å². The van der Waals surface area contributed by atoms with Gasteiger partial charge in [0.05, 0.1) is 0 Å². The first kappa shape index (κ1) is 11.2. The van der Waals surface area contributed by atoms with E-state index in [1.54, 1.807) is 36.5 Å². The van der Waals surface area contributed by atoms with E-state index in [1.807, 2.05) is 0 Å². The predicted molar refractivity (Wildman–Crippen MR) is 67.9 cm³/mol. The van der Waals surface area contributed by atoms with Crippen LogP contribution < -0.4 is 10.5 Å². The third kappa shape index (κ3) is 2.65. The van der Waals surface area contributed by atoms with Gasteiger partial charge in [0.2, 0.25) is 5.88 Å². The van der Waals surface area contributed by atoms with Gasteiger partial charge in [0.15, 0.2) is 0 Å². The van der Waals surface area contributed by atoms with Gasteiger partial charge >= 0.3 is 0 Å². The summed E-state index contributed by atoms with van der Waals surface area (Å²) in [5.41, 5.74) is 6.25. The fraction of sp³-hybridized carbons (Fsp3) is 0. The van der Waals surface area contributed by atoms with Crippen LogP contribution in [-0.4, -0.2) is 4.98 Å². The summed E-state index contributed by atoms with van der Waals surface area (Å²) in [5.74, 6) is 1.01. The van der Waals surface area contributed by atoms with Gasteiger partial charge in [-0.2, -0.15) is 0 Å². The molecule has 0 atom stereocenters. The number of hydrogen-bond donors (Lipinski definition) is 1. The minimum absolute atomic E-state index is 0.370. The lowest BCUT2D eigenvalue weighted by Gasteiger charge is -2.06. The molecule has 5 heteroatoms. The molecule has 0 aliphatic carbocycles. The summed E-state index contributed by atoms with van der Waals surface area (Å²) in [5, 5.41) is 0.450. The largest absolute Gasteiger partial charge is 0.438 e. The molecule has 0 saturated heterocycles. The van der Waals surface area contributed by atoms with Crippen LogP contribution in [0.2, 0.25) is 5.02 Å². The topological polar surface area (TPSA) is 48.1 Å². The van der Waals surface area contributed by atoms with E-state index >= 15 is 0 Å². The van der Waals surface area contributed by atoms with E-state index < -0.39 is 0 Å². The molecule has 3 nitrogen and oxygen atoms in total. The Morgan fingerprint density at radius 3 is 2.56 bits per heavy atom. The molecule has 0 unspecified atom stereocenters. The van der Waals surface area contributed by atoms with Gasteiger partial charge in [0, 0.05) is 16.4 Å². The van der Waals surface area contributed by atoms with Gasteiger partial charge in [-0.25, -0.2) is 4.98 Å². The van der Waals surface area contributed by atoms with Gasteiger partial charge in [-0.15, -0.1) is 0 Å². The van der Waals surface area contributed by atoms with Crippen molar-refractivity contribution >= 4 is 33.2 Å². The standard InChI is InChI=1S/C11H8BrClN2O/c12-7-5-10(13)11(15-6-7)16-9-3-1-8(14)2-4-9/h1-6H,14H2. The third-order valence-electron chi connectivity index (χ3n) is 1.87. The van der Waals surface area contributed by atoms with Crippen LogP contribution in [-0.2, 0) is 0 Å². The summed E-state index contributed by atoms with van der Waals surface area (Å²) < 4.78 is 6.31. The summed E-state index contributed by atoms with van der Waals surface area (Å²) in [6, 6.07) is 8.75. The average Bonchev–Trinajstić information content (AvgIpc) is 2.25. The lowest BCUT2D eigenvalue weighted by molar-refractivity contribution is 0.463. The van der Waals surface area contributed by atoms with Crippen molar-refractivity contribution in [1.82, 2.24) is 4.98 Å². The summed E-state index contributed by atoms with van der Waals surface area (Å²) >= 11 is 9.24.